The zero-order valence-electron chi connectivity index (χ0n) is 25.6. The van der Waals surface area contributed by atoms with Gasteiger partial charge < -0.3 is 38.8 Å². The molecule has 3 aliphatic rings. The Kier molecular flexibility index (Phi) is 8.79. The third-order valence-electron chi connectivity index (χ3n) is 7.90. The zero-order valence-corrected chi connectivity index (χ0v) is 25.6. The first-order valence-electron chi connectivity index (χ1n) is 15.2. The molecule has 3 amide bonds. The molecule has 3 aromatic rings. The van der Waals surface area contributed by atoms with Gasteiger partial charge in [-0.15, -0.1) is 0 Å². The van der Waals surface area contributed by atoms with Crippen LogP contribution >= 0.6 is 0 Å². The van der Waals surface area contributed by atoms with Crippen LogP contribution in [0, 0.1) is 0 Å². The normalized spacial score (nSPS) is 19.9. The lowest BCUT2D eigenvalue weighted by molar-refractivity contribution is -0.124. The zero-order chi connectivity index (χ0) is 31.5. The highest BCUT2D eigenvalue weighted by atomic mass is 16.7. The number of likely N-dealkylation sites (tertiary alicyclic amines) is 1. The molecule has 0 aromatic heterocycles. The van der Waals surface area contributed by atoms with E-state index in [0.717, 1.165) is 5.56 Å². The molecule has 0 unspecified atom stereocenters. The quantitative estimate of drug-likeness (QED) is 0.460. The van der Waals surface area contributed by atoms with Crippen LogP contribution in [0.15, 0.2) is 60.7 Å². The van der Waals surface area contributed by atoms with Crippen molar-refractivity contribution in [2.45, 2.75) is 52.0 Å². The summed E-state index contributed by atoms with van der Waals surface area (Å²) in [4.78, 5) is 43.8. The molecule has 236 valence electrons. The maximum Gasteiger partial charge on any atom is 0.254 e. The van der Waals surface area contributed by atoms with Gasteiger partial charge >= 0.3 is 0 Å². The van der Waals surface area contributed by atoms with Crippen molar-refractivity contribution in [3.63, 3.8) is 0 Å². The smallest absolute Gasteiger partial charge is 0.254 e. The number of nitrogens with one attached hydrogen (secondary N) is 1. The van der Waals surface area contributed by atoms with Crippen molar-refractivity contribution < 1.29 is 38.1 Å². The van der Waals surface area contributed by atoms with Crippen LogP contribution in [0.4, 0.5) is 0 Å². The Labute approximate surface area is 261 Å². The standard InChI is InChI=1S/C34H37N3O8/c1-4-36-18-32(38)35-28-17-37(33(39)23-8-9-30-31(15-23)43-20-42-30)11-10-29(28)41-19-22-6-5-7-25(12-22)45-27-14-24(34(36)40)13-26(16-27)44-21(2)3/h5-9,12-16,21,28-29H,4,10-11,17-20H2,1-3H3,(H,35,38)/t28-,29-/m0/s1. The molecule has 1 fully saturated rings. The van der Waals surface area contributed by atoms with Crippen LogP contribution in [0.1, 0.15) is 53.5 Å². The van der Waals surface area contributed by atoms with Crippen molar-refractivity contribution in [2.24, 2.45) is 0 Å². The van der Waals surface area contributed by atoms with Gasteiger partial charge in [0.15, 0.2) is 11.5 Å². The Morgan fingerprint density at radius 2 is 1.87 bits per heavy atom. The van der Waals surface area contributed by atoms with Crippen LogP contribution in [-0.4, -0.2) is 78.7 Å². The first-order valence-corrected chi connectivity index (χ1v) is 15.2. The van der Waals surface area contributed by atoms with E-state index >= 15 is 0 Å². The average molecular weight is 616 g/mol. The van der Waals surface area contributed by atoms with Gasteiger partial charge in [-0.3, -0.25) is 14.4 Å². The number of likely N-dealkylation sites (N-methyl/N-ethyl adjacent to an activating group) is 1. The van der Waals surface area contributed by atoms with Crippen LogP contribution in [0.25, 0.3) is 0 Å². The molecule has 1 saturated heterocycles. The van der Waals surface area contributed by atoms with E-state index in [9.17, 15) is 14.4 Å². The molecule has 2 atom stereocenters. The van der Waals surface area contributed by atoms with E-state index in [-0.39, 0.29) is 56.4 Å². The third-order valence-corrected chi connectivity index (χ3v) is 7.90. The minimum atomic E-state index is -0.500. The highest BCUT2D eigenvalue weighted by Crippen LogP contribution is 2.33. The van der Waals surface area contributed by atoms with Crippen LogP contribution in [0.5, 0.6) is 28.7 Å². The molecule has 0 saturated carbocycles. The first-order chi connectivity index (χ1) is 21.7. The van der Waals surface area contributed by atoms with Gasteiger partial charge in [-0.25, -0.2) is 0 Å². The molecule has 6 rings (SSSR count). The van der Waals surface area contributed by atoms with E-state index in [1.807, 2.05) is 45.0 Å². The molecule has 0 aliphatic carbocycles. The van der Waals surface area contributed by atoms with E-state index in [1.54, 1.807) is 41.3 Å². The summed E-state index contributed by atoms with van der Waals surface area (Å²) in [5, 5.41) is 3.07. The fourth-order valence-corrected chi connectivity index (χ4v) is 5.73. The predicted molar refractivity (Wildman–Crippen MR) is 164 cm³/mol. The number of hydrogen-bond donors (Lipinski definition) is 1. The average Bonchev–Trinajstić information content (AvgIpc) is 3.50. The SMILES string of the molecule is CCN1CC(=O)N[C@H]2CN(C(=O)c3ccc4c(c3)OCO4)CC[C@@H]2OCc2cccc(c2)Oc2cc(OC(C)C)cc(c2)C1=O. The molecule has 4 bridgehead atoms. The van der Waals surface area contributed by atoms with Crippen molar-refractivity contribution in [1.82, 2.24) is 15.1 Å². The fraction of sp³-hybridized carbons (Fsp3) is 0.382. The van der Waals surface area contributed by atoms with Crippen LogP contribution in [0.2, 0.25) is 0 Å². The third kappa shape index (κ3) is 6.99. The lowest BCUT2D eigenvalue weighted by Crippen LogP contribution is -2.58. The summed E-state index contributed by atoms with van der Waals surface area (Å²) in [6, 6.07) is 17.2. The van der Waals surface area contributed by atoms with Gasteiger partial charge in [0.1, 0.15) is 17.2 Å². The monoisotopic (exact) mass is 615 g/mol. The molecule has 0 spiro atoms. The Morgan fingerprint density at radius 3 is 2.69 bits per heavy atom. The topological polar surface area (TPSA) is 116 Å². The number of hydrogen-bond acceptors (Lipinski definition) is 8. The minimum Gasteiger partial charge on any atom is -0.491 e. The number of nitrogens with zero attached hydrogens (tertiary/aromatic N) is 2. The Morgan fingerprint density at radius 1 is 1.02 bits per heavy atom. The molecule has 1 N–H and O–H groups in total. The maximum atomic E-state index is 13.7. The van der Waals surface area contributed by atoms with Crippen molar-refractivity contribution in [3.05, 3.63) is 77.4 Å². The highest BCUT2D eigenvalue weighted by molar-refractivity contribution is 5.97. The number of amides is 3. The van der Waals surface area contributed by atoms with Crippen LogP contribution in [0.3, 0.4) is 0 Å². The van der Waals surface area contributed by atoms with Crippen LogP contribution in [-0.2, 0) is 16.1 Å². The largest absolute Gasteiger partial charge is 0.491 e. The van der Waals surface area contributed by atoms with Crippen molar-refractivity contribution in [1.29, 1.82) is 0 Å². The number of fused-ring (bicyclic) bond motifs is 6. The van der Waals surface area contributed by atoms with Gasteiger partial charge in [0.2, 0.25) is 12.7 Å². The number of benzene rings is 3. The highest BCUT2D eigenvalue weighted by Gasteiger charge is 2.35. The van der Waals surface area contributed by atoms with Gasteiger partial charge in [0.05, 0.1) is 31.4 Å². The van der Waals surface area contributed by atoms with Crippen molar-refractivity contribution in [3.8, 4) is 28.7 Å². The summed E-state index contributed by atoms with van der Waals surface area (Å²) in [7, 11) is 0. The molecule has 3 aromatic carbocycles. The summed E-state index contributed by atoms with van der Waals surface area (Å²) in [5.74, 6) is 1.80. The van der Waals surface area contributed by atoms with E-state index in [4.69, 9.17) is 23.7 Å². The van der Waals surface area contributed by atoms with Gasteiger partial charge in [-0.2, -0.15) is 0 Å². The van der Waals surface area contributed by atoms with E-state index in [0.29, 0.717) is 59.4 Å². The van der Waals surface area contributed by atoms with E-state index in [1.165, 1.54) is 4.90 Å². The number of carbonyl (C=O) groups is 3. The molecular formula is C34H37N3O8. The number of carbonyl (C=O) groups excluding carboxylic acids is 3. The fourth-order valence-electron chi connectivity index (χ4n) is 5.73. The second-order valence-electron chi connectivity index (χ2n) is 11.6. The predicted octanol–water partition coefficient (Wildman–Crippen LogP) is 4.39. The van der Waals surface area contributed by atoms with Gasteiger partial charge in [0.25, 0.3) is 11.8 Å². The summed E-state index contributed by atoms with van der Waals surface area (Å²) in [6.07, 6.45) is 0.0350. The first kappa shape index (κ1) is 30.3. The van der Waals surface area contributed by atoms with E-state index in [2.05, 4.69) is 5.32 Å². The van der Waals surface area contributed by atoms with Crippen molar-refractivity contribution in [2.75, 3.05) is 33.0 Å². The van der Waals surface area contributed by atoms with Gasteiger partial charge in [-0.1, -0.05) is 12.1 Å². The summed E-state index contributed by atoms with van der Waals surface area (Å²) in [6.45, 7) is 6.86. The summed E-state index contributed by atoms with van der Waals surface area (Å²) >= 11 is 0. The molecular weight excluding hydrogens is 578 g/mol. The van der Waals surface area contributed by atoms with Crippen LogP contribution < -0.4 is 24.3 Å². The number of ether oxygens (including phenoxy) is 5. The lowest BCUT2D eigenvalue weighted by atomic mass is 10.00. The minimum absolute atomic E-state index is 0.116. The van der Waals surface area contributed by atoms with Crippen molar-refractivity contribution >= 4 is 17.7 Å². The molecule has 11 heteroatoms. The molecule has 3 heterocycles. The van der Waals surface area contributed by atoms with Gasteiger partial charge in [0, 0.05) is 36.8 Å². The lowest BCUT2D eigenvalue weighted by Gasteiger charge is -2.39. The number of rotatable bonds is 4. The molecule has 0 radical (unpaired) electrons. The molecule has 3 aliphatic heterocycles. The van der Waals surface area contributed by atoms with E-state index < -0.39 is 6.04 Å². The van der Waals surface area contributed by atoms with Gasteiger partial charge in [-0.05, 0) is 75.2 Å². The number of piperidine rings is 1. The second kappa shape index (κ2) is 13.1. The Hall–Kier alpha value is -4.77. The molecule has 11 nitrogen and oxygen atoms in total. The summed E-state index contributed by atoms with van der Waals surface area (Å²) < 4.78 is 29.3. The second-order valence-corrected chi connectivity index (χ2v) is 11.6. The Balaban J connectivity index is 1.27. The summed E-state index contributed by atoms with van der Waals surface area (Å²) in [5.41, 5.74) is 1.70. The molecule has 45 heavy (non-hydrogen) atoms. The Bertz CT molecular complexity index is 1590. The maximum absolute atomic E-state index is 13.7.